The minimum atomic E-state index is -0.345. The van der Waals surface area contributed by atoms with Crippen molar-refractivity contribution >= 4 is 11.7 Å². The van der Waals surface area contributed by atoms with Crippen LogP contribution in [0.5, 0.6) is 0 Å². The van der Waals surface area contributed by atoms with E-state index < -0.39 is 0 Å². The van der Waals surface area contributed by atoms with Gasteiger partial charge in [0.05, 0.1) is 12.7 Å². The largest absolute Gasteiger partial charge is 0.465 e. The fraction of sp³-hybridized carbons (Fsp3) is 0.300. The first kappa shape index (κ1) is 9.58. The van der Waals surface area contributed by atoms with Gasteiger partial charge in [0.2, 0.25) is 0 Å². The minimum absolute atomic E-state index is 0.345. The lowest BCUT2D eigenvalue weighted by Crippen LogP contribution is -2.03. The van der Waals surface area contributed by atoms with Gasteiger partial charge in [0.15, 0.2) is 0 Å². The standard InChI is InChI=1S/C10H13NO2/c1-3-7-4-8(10(12)13-2)6-9(11)5-7/h4-6H,3,11H2,1-2H3. The lowest BCUT2D eigenvalue weighted by atomic mass is 10.1. The molecule has 0 aliphatic carbocycles. The third-order valence-corrected chi connectivity index (χ3v) is 1.84. The van der Waals surface area contributed by atoms with Crippen molar-refractivity contribution in [3.63, 3.8) is 0 Å². The molecule has 3 heteroatoms. The molecular weight excluding hydrogens is 166 g/mol. The van der Waals surface area contributed by atoms with E-state index in [1.807, 2.05) is 13.0 Å². The molecule has 0 fully saturated rings. The first-order valence-corrected chi connectivity index (χ1v) is 4.15. The van der Waals surface area contributed by atoms with Crippen LogP contribution >= 0.6 is 0 Å². The molecule has 1 aromatic rings. The van der Waals surface area contributed by atoms with Gasteiger partial charge in [0, 0.05) is 5.69 Å². The fourth-order valence-corrected chi connectivity index (χ4v) is 1.16. The topological polar surface area (TPSA) is 52.3 Å². The third-order valence-electron chi connectivity index (χ3n) is 1.84. The first-order valence-electron chi connectivity index (χ1n) is 4.15. The second-order valence-electron chi connectivity index (χ2n) is 2.81. The molecule has 0 spiro atoms. The van der Waals surface area contributed by atoms with Crippen LogP contribution in [0.15, 0.2) is 18.2 Å². The second kappa shape index (κ2) is 3.94. The van der Waals surface area contributed by atoms with E-state index in [0.29, 0.717) is 11.3 Å². The van der Waals surface area contributed by atoms with Crippen molar-refractivity contribution in [2.75, 3.05) is 12.8 Å². The molecule has 0 unspecified atom stereocenters. The summed E-state index contributed by atoms with van der Waals surface area (Å²) in [4.78, 5) is 11.2. The lowest BCUT2D eigenvalue weighted by molar-refractivity contribution is 0.0600. The number of hydrogen-bond donors (Lipinski definition) is 1. The maximum Gasteiger partial charge on any atom is 0.337 e. The molecule has 0 aliphatic rings. The third kappa shape index (κ3) is 2.21. The highest BCUT2D eigenvalue weighted by Crippen LogP contribution is 2.13. The number of anilines is 1. The SMILES string of the molecule is CCc1cc(N)cc(C(=O)OC)c1. The molecule has 0 aliphatic heterocycles. The molecule has 0 heterocycles. The van der Waals surface area contributed by atoms with E-state index in [-0.39, 0.29) is 5.97 Å². The molecule has 1 aromatic carbocycles. The minimum Gasteiger partial charge on any atom is -0.465 e. The van der Waals surface area contributed by atoms with Gasteiger partial charge in [0.25, 0.3) is 0 Å². The number of carbonyl (C=O) groups is 1. The Morgan fingerprint density at radius 1 is 1.46 bits per heavy atom. The van der Waals surface area contributed by atoms with Crippen molar-refractivity contribution in [1.82, 2.24) is 0 Å². The Kier molecular flexibility index (Phi) is 2.90. The average molecular weight is 179 g/mol. The van der Waals surface area contributed by atoms with Crippen LogP contribution in [0.4, 0.5) is 5.69 Å². The number of nitrogens with two attached hydrogens (primary N) is 1. The smallest absolute Gasteiger partial charge is 0.337 e. The maximum absolute atomic E-state index is 11.2. The van der Waals surface area contributed by atoms with Crippen molar-refractivity contribution in [1.29, 1.82) is 0 Å². The van der Waals surface area contributed by atoms with Crippen molar-refractivity contribution in [2.24, 2.45) is 0 Å². The van der Waals surface area contributed by atoms with Crippen LogP contribution in [0, 0.1) is 0 Å². The van der Waals surface area contributed by atoms with E-state index in [4.69, 9.17) is 5.73 Å². The van der Waals surface area contributed by atoms with Crippen LogP contribution in [-0.4, -0.2) is 13.1 Å². The van der Waals surface area contributed by atoms with Gasteiger partial charge in [-0.05, 0) is 30.2 Å². The molecule has 1 rings (SSSR count). The predicted octanol–water partition coefficient (Wildman–Crippen LogP) is 1.62. The Labute approximate surface area is 77.5 Å². The molecule has 0 aromatic heterocycles. The highest BCUT2D eigenvalue weighted by molar-refractivity contribution is 5.90. The number of hydrogen-bond acceptors (Lipinski definition) is 3. The molecule has 3 nitrogen and oxygen atoms in total. The summed E-state index contributed by atoms with van der Waals surface area (Å²) < 4.78 is 4.60. The Balaban J connectivity index is 3.08. The van der Waals surface area contributed by atoms with Gasteiger partial charge in [-0.1, -0.05) is 6.92 Å². The van der Waals surface area contributed by atoms with E-state index >= 15 is 0 Å². The lowest BCUT2D eigenvalue weighted by Gasteiger charge is -2.03. The molecule has 0 saturated carbocycles. The van der Waals surface area contributed by atoms with Gasteiger partial charge in [-0.3, -0.25) is 0 Å². The summed E-state index contributed by atoms with van der Waals surface area (Å²) in [5, 5.41) is 0. The average Bonchev–Trinajstić information content (AvgIpc) is 2.15. The quantitative estimate of drug-likeness (QED) is 0.554. The summed E-state index contributed by atoms with van der Waals surface area (Å²) >= 11 is 0. The molecular formula is C10H13NO2. The van der Waals surface area contributed by atoms with Crippen LogP contribution in [0.3, 0.4) is 0 Å². The summed E-state index contributed by atoms with van der Waals surface area (Å²) in [5.41, 5.74) is 7.77. The van der Waals surface area contributed by atoms with Crippen LogP contribution < -0.4 is 5.73 Å². The number of ether oxygens (including phenoxy) is 1. The fourth-order valence-electron chi connectivity index (χ4n) is 1.16. The summed E-state index contributed by atoms with van der Waals surface area (Å²) in [6, 6.07) is 5.26. The van der Waals surface area contributed by atoms with Gasteiger partial charge < -0.3 is 10.5 Å². The molecule has 0 atom stereocenters. The van der Waals surface area contributed by atoms with Crippen LogP contribution in [0.2, 0.25) is 0 Å². The Morgan fingerprint density at radius 3 is 2.69 bits per heavy atom. The second-order valence-corrected chi connectivity index (χ2v) is 2.81. The van der Waals surface area contributed by atoms with Crippen LogP contribution in [0.1, 0.15) is 22.8 Å². The monoisotopic (exact) mass is 179 g/mol. The molecule has 0 radical (unpaired) electrons. The number of esters is 1. The molecule has 13 heavy (non-hydrogen) atoms. The van der Waals surface area contributed by atoms with Crippen LogP contribution in [0.25, 0.3) is 0 Å². The van der Waals surface area contributed by atoms with Crippen LogP contribution in [-0.2, 0) is 11.2 Å². The van der Waals surface area contributed by atoms with E-state index in [9.17, 15) is 4.79 Å². The van der Waals surface area contributed by atoms with Gasteiger partial charge in [-0.25, -0.2) is 4.79 Å². The molecule has 0 saturated heterocycles. The van der Waals surface area contributed by atoms with Crippen molar-refractivity contribution < 1.29 is 9.53 Å². The van der Waals surface area contributed by atoms with Gasteiger partial charge in [-0.2, -0.15) is 0 Å². The highest BCUT2D eigenvalue weighted by atomic mass is 16.5. The molecule has 70 valence electrons. The molecule has 0 amide bonds. The van der Waals surface area contributed by atoms with E-state index in [1.165, 1.54) is 7.11 Å². The van der Waals surface area contributed by atoms with E-state index in [1.54, 1.807) is 12.1 Å². The number of carbonyl (C=O) groups excluding carboxylic acids is 1. The zero-order valence-corrected chi connectivity index (χ0v) is 7.83. The van der Waals surface area contributed by atoms with Gasteiger partial charge in [0.1, 0.15) is 0 Å². The van der Waals surface area contributed by atoms with Crippen molar-refractivity contribution in [3.05, 3.63) is 29.3 Å². The summed E-state index contributed by atoms with van der Waals surface area (Å²) in [6.07, 6.45) is 0.856. The number of nitrogen functional groups attached to an aromatic ring is 1. The van der Waals surface area contributed by atoms with Gasteiger partial charge in [-0.15, -0.1) is 0 Å². The zero-order valence-electron chi connectivity index (χ0n) is 7.83. The first-order chi connectivity index (χ1) is 6.17. The Bertz CT molecular complexity index is 321. The number of benzene rings is 1. The molecule has 0 bridgehead atoms. The Morgan fingerprint density at radius 2 is 2.15 bits per heavy atom. The zero-order chi connectivity index (χ0) is 9.84. The van der Waals surface area contributed by atoms with Crippen molar-refractivity contribution in [2.45, 2.75) is 13.3 Å². The van der Waals surface area contributed by atoms with Crippen molar-refractivity contribution in [3.8, 4) is 0 Å². The predicted molar refractivity (Wildman–Crippen MR) is 51.6 cm³/mol. The van der Waals surface area contributed by atoms with Gasteiger partial charge >= 0.3 is 5.97 Å². The summed E-state index contributed by atoms with van der Waals surface area (Å²) in [6.45, 7) is 2.01. The highest BCUT2D eigenvalue weighted by Gasteiger charge is 2.06. The number of methoxy groups -OCH3 is 1. The normalized spacial score (nSPS) is 9.69. The summed E-state index contributed by atoms with van der Waals surface area (Å²) in [7, 11) is 1.36. The maximum atomic E-state index is 11.2. The number of aryl methyl sites for hydroxylation is 1. The number of rotatable bonds is 2. The van der Waals surface area contributed by atoms with E-state index in [2.05, 4.69) is 4.74 Å². The summed E-state index contributed by atoms with van der Waals surface area (Å²) in [5.74, 6) is -0.345. The Hall–Kier alpha value is -1.51. The molecule has 2 N–H and O–H groups in total. The van der Waals surface area contributed by atoms with E-state index in [0.717, 1.165) is 12.0 Å².